The molecule has 1 fully saturated rings. The van der Waals surface area contributed by atoms with Crippen LogP contribution in [0.3, 0.4) is 0 Å². The lowest BCUT2D eigenvalue weighted by molar-refractivity contribution is -0.181. The Morgan fingerprint density at radius 3 is 2.35 bits per heavy atom. The monoisotopic (exact) mass is 262 g/mol. The van der Waals surface area contributed by atoms with E-state index in [2.05, 4.69) is 0 Å². The van der Waals surface area contributed by atoms with Crippen molar-refractivity contribution in [1.82, 2.24) is 0 Å². The number of ether oxygens (including phenoxy) is 1. The summed E-state index contributed by atoms with van der Waals surface area (Å²) in [6.45, 7) is 7.42. The summed E-state index contributed by atoms with van der Waals surface area (Å²) in [5.74, 6) is 0.461. The molecule has 1 aliphatic heterocycles. The summed E-state index contributed by atoms with van der Waals surface area (Å²) in [7, 11) is 0. The molecule has 100 valence electrons. The topological polar surface area (TPSA) is 66.8 Å². The molecule has 1 aliphatic rings. The van der Waals surface area contributed by atoms with E-state index in [1.165, 1.54) is 0 Å². The average molecular weight is 262 g/mol. The fourth-order valence-corrected chi connectivity index (χ4v) is 3.47. The molecule has 1 rings (SSSR count). The summed E-state index contributed by atoms with van der Waals surface area (Å²) in [5, 5.41) is 18.9. The number of hydrogen-bond acceptors (Lipinski definition) is 4. The predicted molar refractivity (Wildman–Crippen MR) is 68.3 cm³/mol. The van der Waals surface area contributed by atoms with Gasteiger partial charge >= 0.3 is 5.97 Å². The zero-order valence-corrected chi connectivity index (χ0v) is 11.7. The fraction of sp³-hybridized carbons (Fsp3) is 0.917. The van der Waals surface area contributed by atoms with Gasteiger partial charge in [-0.1, -0.05) is 13.8 Å². The highest BCUT2D eigenvalue weighted by Gasteiger charge is 2.48. The maximum absolute atomic E-state index is 11.5. The summed E-state index contributed by atoms with van der Waals surface area (Å²) < 4.78 is 5.67. The van der Waals surface area contributed by atoms with Crippen molar-refractivity contribution in [3.05, 3.63) is 0 Å². The van der Waals surface area contributed by atoms with Crippen LogP contribution in [-0.2, 0) is 9.53 Å². The van der Waals surface area contributed by atoms with E-state index < -0.39 is 23.8 Å². The van der Waals surface area contributed by atoms with Crippen molar-refractivity contribution in [3.8, 4) is 0 Å². The van der Waals surface area contributed by atoms with Crippen molar-refractivity contribution in [2.45, 2.75) is 51.9 Å². The van der Waals surface area contributed by atoms with Gasteiger partial charge in [0.1, 0.15) is 0 Å². The molecule has 1 heterocycles. The molecule has 3 atom stereocenters. The van der Waals surface area contributed by atoms with Crippen molar-refractivity contribution in [2.75, 3.05) is 11.5 Å². The Bertz CT molecular complexity index is 290. The summed E-state index contributed by atoms with van der Waals surface area (Å²) >= 11 is 1.60. The molecule has 0 aromatic carbocycles. The number of carboxylic acids is 1. The molecule has 1 saturated heterocycles. The van der Waals surface area contributed by atoms with Crippen LogP contribution in [0.15, 0.2) is 0 Å². The maximum Gasteiger partial charge on any atom is 0.336 e. The molecule has 0 spiro atoms. The summed E-state index contributed by atoms with van der Waals surface area (Å²) in [5.41, 5.74) is -1.22. The van der Waals surface area contributed by atoms with Crippen molar-refractivity contribution in [1.29, 1.82) is 0 Å². The zero-order chi connectivity index (χ0) is 13.3. The highest BCUT2D eigenvalue weighted by Crippen LogP contribution is 2.42. The van der Waals surface area contributed by atoms with Gasteiger partial charge in [0.25, 0.3) is 0 Å². The van der Waals surface area contributed by atoms with Gasteiger partial charge in [-0.15, -0.1) is 0 Å². The molecular formula is C12H22O4S. The van der Waals surface area contributed by atoms with E-state index in [0.717, 1.165) is 5.75 Å². The quantitative estimate of drug-likeness (QED) is 0.808. The number of aliphatic hydroxyl groups excluding tert-OH is 1. The molecular weight excluding hydrogens is 240 g/mol. The van der Waals surface area contributed by atoms with Gasteiger partial charge in [-0.2, -0.15) is 11.8 Å². The number of rotatable bonds is 4. The van der Waals surface area contributed by atoms with Gasteiger partial charge in [0.15, 0.2) is 5.60 Å². The number of carboxylic acid groups (broad SMARTS) is 1. The number of carbonyl (C=O) groups is 1. The largest absolute Gasteiger partial charge is 0.479 e. The second-order valence-corrected chi connectivity index (χ2v) is 6.68. The first-order valence-corrected chi connectivity index (χ1v) is 7.01. The van der Waals surface area contributed by atoms with Crippen LogP contribution in [0, 0.1) is 5.41 Å². The minimum Gasteiger partial charge on any atom is -0.479 e. The molecule has 0 bridgehead atoms. The van der Waals surface area contributed by atoms with Gasteiger partial charge in [0.2, 0.25) is 0 Å². The summed E-state index contributed by atoms with van der Waals surface area (Å²) in [4.78, 5) is 11.5. The van der Waals surface area contributed by atoms with Crippen LogP contribution in [0.4, 0.5) is 0 Å². The predicted octanol–water partition coefficient (Wildman–Crippen LogP) is 1.76. The smallest absolute Gasteiger partial charge is 0.336 e. The van der Waals surface area contributed by atoms with E-state index in [-0.39, 0.29) is 5.41 Å². The summed E-state index contributed by atoms with van der Waals surface area (Å²) in [6.07, 6.45) is -0.652. The van der Waals surface area contributed by atoms with E-state index in [4.69, 9.17) is 4.74 Å². The Hall–Kier alpha value is -0.260. The third kappa shape index (κ3) is 3.60. The number of aliphatic hydroxyl groups is 1. The van der Waals surface area contributed by atoms with E-state index in [1.54, 1.807) is 25.6 Å². The van der Waals surface area contributed by atoms with Gasteiger partial charge in [-0.05, 0) is 31.4 Å². The van der Waals surface area contributed by atoms with Gasteiger partial charge in [-0.25, -0.2) is 4.79 Å². The first kappa shape index (κ1) is 14.8. The summed E-state index contributed by atoms with van der Waals surface area (Å²) in [6, 6.07) is 0. The van der Waals surface area contributed by atoms with E-state index >= 15 is 0 Å². The van der Waals surface area contributed by atoms with Crippen LogP contribution >= 0.6 is 11.8 Å². The van der Waals surface area contributed by atoms with E-state index in [1.807, 2.05) is 13.8 Å². The normalized spacial score (nSPS) is 31.8. The minimum absolute atomic E-state index is 0.0558. The number of aliphatic carboxylic acids is 1. The zero-order valence-electron chi connectivity index (χ0n) is 10.9. The standard InChI is InChI=1S/C12H22O4S/c1-8(13)9(2)16-12(10(14)15)5-11(3,4)6-17-7-12/h8-9,13H,5-7H2,1-4H3,(H,14,15). The maximum atomic E-state index is 11.5. The Balaban J connectivity index is 2.86. The molecule has 0 amide bonds. The van der Waals surface area contributed by atoms with Crippen molar-refractivity contribution in [2.24, 2.45) is 5.41 Å². The number of hydrogen-bond donors (Lipinski definition) is 2. The third-order valence-electron chi connectivity index (χ3n) is 3.07. The molecule has 0 aromatic rings. The molecule has 4 nitrogen and oxygen atoms in total. The molecule has 0 aliphatic carbocycles. The van der Waals surface area contributed by atoms with Crippen LogP contribution < -0.4 is 0 Å². The Labute approximate surface area is 107 Å². The molecule has 17 heavy (non-hydrogen) atoms. The first-order chi connectivity index (χ1) is 7.68. The van der Waals surface area contributed by atoms with Crippen molar-refractivity contribution in [3.63, 3.8) is 0 Å². The lowest BCUT2D eigenvalue weighted by atomic mass is 9.81. The van der Waals surface area contributed by atoms with Gasteiger partial charge in [0.05, 0.1) is 12.2 Å². The SMILES string of the molecule is CC(O)C(C)OC1(C(=O)O)CSCC(C)(C)C1. The average Bonchev–Trinajstić information content (AvgIpc) is 2.15. The van der Waals surface area contributed by atoms with Crippen LogP contribution in [0.1, 0.15) is 34.1 Å². The molecule has 5 heteroatoms. The highest BCUT2D eigenvalue weighted by atomic mass is 32.2. The minimum atomic E-state index is -1.16. The van der Waals surface area contributed by atoms with Crippen molar-refractivity contribution >= 4 is 17.7 Å². The van der Waals surface area contributed by atoms with E-state index in [0.29, 0.717) is 12.2 Å². The molecule has 0 aromatic heterocycles. The van der Waals surface area contributed by atoms with Gasteiger partial charge in [-0.3, -0.25) is 0 Å². The third-order valence-corrected chi connectivity index (χ3v) is 4.73. The van der Waals surface area contributed by atoms with Crippen LogP contribution in [0.25, 0.3) is 0 Å². The van der Waals surface area contributed by atoms with Crippen molar-refractivity contribution < 1.29 is 19.7 Å². The first-order valence-electron chi connectivity index (χ1n) is 5.86. The fourth-order valence-electron chi connectivity index (χ4n) is 2.09. The Morgan fingerprint density at radius 1 is 1.35 bits per heavy atom. The number of thioether (sulfide) groups is 1. The molecule has 0 saturated carbocycles. The highest BCUT2D eigenvalue weighted by molar-refractivity contribution is 7.99. The Morgan fingerprint density at radius 2 is 1.94 bits per heavy atom. The lowest BCUT2D eigenvalue weighted by Crippen LogP contribution is -2.53. The second-order valence-electron chi connectivity index (χ2n) is 5.70. The lowest BCUT2D eigenvalue weighted by Gasteiger charge is -2.43. The molecule has 2 N–H and O–H groups in total. The van der Waals surface area contributed by atoms with E-state index in [9.17, 15) is 15.0 Å². The Kier molecular flexibility index (Phi) is 4.49. The van der Waals surface area contributed by atoms with Gasteiger partial charge in [0, 0.05) is 5.75 Å². The molecule has 0 radical (unpaired) electrons. The van der Waals surface area contributed by atoms with Crippen LogP contribution in [-0.4, -0.2) is 45.5 Å². The van der Waals surface area contributed by atoms with Crippen LogP contribution in [0.5, 0.6) is 0 Å². The second kappa shape index (κ2) is 5.16. The van der Waals surface area contributed by atoms with Gasteiger partial charge < -0.3 is 14.9 Å². The molecule has 3 unspecified atom stereocenters. The van der Waals surface area contributed by atoms with Crippen LogP contribution in [0.2, 0.25) is 0 Å².